The first kappa shape index (κ1) is 30.1. The van der Waals surface area contributed by atoms with Crippen molar-refractivity contribution in [2.75, 3.05) is 0 Å². The van der Waals surface area contributed by atoms with Gasteiger partial charge in [0.2, 0.25) is 0 Å². The van der Waals surface area contributed by atoms with Crippen molar-refractivity contribution in [2.45, 2.75) is 27.7 Å². The van der Waals surface area contributed by atoms with E-state index in [1.165, 1.54) is 21.9 Å². The fraction of sp³-hybridized carbons (Fsp3) is 0.235. The SMILES string of the molecule is Cc1ccc2cn(C)nc2c1.Cc1ccc2cn(C)nc2n1.Cc1ccc2nn(C)cc2c1.Cc1cnc2cn(C)nc2c1. The molecule has 0 atom stereocenters. The number of nitrogens with zero attached hydrogens (tertiary/aromatic N) is 10. The van der Waals surface area contributed by atoms with Crippen molar-refractivity contribution in [1.82, 2.24) is 49.1 Å². The Labute approximate surface area is 256 Å². The molecule has 0 unspecified atom stereocenters. The summed E-state index contributed by atoms with van der Waals surface area (Å²) >= 11 is 0. The topological polar surface area (TPSA) is 97.1 Å². The van der Waals surface area contributed by atoms with Gasteiger partial charge in [0.25, 0.3) is 0 Å². The summed E-state index contributed by atoms with van der Waals surface area (Å²) in [6.07, 6.45) is 9.78. The Morgan fingerprint density at radius 1 is 0.455 bits per heavy atom. The van der Waals surface area contributed by atoms with Gasteiger partial charge in [0.1, 0.15) is 11.0 Å². The van der Waals surface area contributed by atoms with Crippen molar-refractivity contribution in [3.8, 4) is 0 Å². The van der Waals surface area contributed by atoms with E-state index in [4.69, 9.17) is 0 Å². The molecule has 10 heteroatoms. The Balaban J connectivity index is 0.000000116. The normalized spacial score (nSPS) is 10.7. The van der Waals surface area contributed by atoms with Gasteiger partial charge in [0.05, 0.1) is 17.2 Å². The molecule has 8 rings (SSSR count). The summed E-state index contributed by atoms with van der Waals surface area (Å²) in [5, 5.41) is 20.5. The summed E-state index contributed by atoms with van der Waals surface area (Å²) in [7, 11) is 7.68. The third-order valence-corrected chi connectivity index (χ3v) is 6.78. The molecule has 0 bridgehead atoms. The molecule has 0 fully saturated rings. The molecule has 0 saturated carbocycles. The molecule has 0 aliphatic carbocycles. The van der Waals surface area contributed by atoms with Crippen LogP contribution in [0.3, 0.4) is 0 Å². The smallest absolute Gasteiger partial charge is 0.181 e. The predicted octanol–water partition coefficient (Wildman–Crippen LogP) is 6.32. The van der Waals surface area contributed by atoms with Gasteiger partial charge in [-0.3, -0.25) is 23.7 Å². The molecule has 0 saturated heterocycles. The summed E-state index contributed by atoms with van der Waals surface area (Å²) in [4.78, 5) is 8.48. The highest BCUT2D eigenvalue weighted by atomic mass is 15.3. The van der Waals surface area contributed by atoms with Crippen LogP contribution in [0.15, 0.2) is 85.6 Å². The van der Waals surface area contributed by atoms with Crippen molar-refractivity contribution < 1.29 is 0 Å². The number of aromatic nitrogens is 10. The maximum absolute atomic E-state index is 4.29. The highest BCUT2D eigenvalue weighted by Crippen LogP contribution is 2.14. The molecule has 6 aromatic heterocycles. The second-order valence-electron chi connectivity index (χ2n) is 11.1. The minimum Gasteiger partial charge on any atom is -0.275 e. The number of aryl methyl sites for hydroxylation is 8. The zero-order chi connectivity index (χ0) is 31.4. The highest BCUT2D eigenvalue weighted by Gasteiger charge is 1.99. The molecule has 224 valence electrons. The van der Waals surface area contributed by atoms with Crippen LogP contribution in [0.1, 0.15) is 22.4 Å². The van der Waals surface area contributed by atoms with Crippen LogP contribution in [0.4, 0.5) is 0 Å². The van der Waals surface area contributed by atoms with Crippen LogP contribution in [0.25, 0.3) is 43.9 Å². The second-order valence-corrected chi connectivity index (χ2v) is 11.1. The van der Waals surface area contributed by atoms with Gasteiger partial charge in [0, 0.05) is 74.8 Å². The van der Waals surface area contributed by atoms with Crippen molar-refractivity contribution in [3.05, 3.63) is 108 Å². The highest BCUT2D eigenvalue weighted by molar-refractivity contribution is 5.79. The Bertz CT molecular complexity index is 1870. The quantitative estimate of drug-likeness (QED) is 0.206. The fourth-order valence-electron chi connectivity index (χ4n) is 4.75. The molecule has 0 N–H and O–H groups in total. The number of benzene rings is 2. The first-order valence-corrected chi connectivity index (χ1v) is 14.4. The molecule has 44 heavy (non-hydrogen) atoms. The van der Waals surface area contributed by atoms with Gasteiger partial charge in [0.15, 0.2) is 5.65 Å². The molecule has 0 radical (unpaired) electrons. The van der Waals surface area contributed by atoms with Crippen LogP contribution in [0.5, 0.6) is 0 Å². The minimum absolute atomic E-state index is 0.826. The number of hydrogen-bond acceptors (Lipinski definition) is 6. The molecule has 6 heterocycles. The minimum atomic E-state index is 0.826. The lowest BCUT2D eigenvalue weighted by atomic mass is 10.2. The Morgan fingerprint density at radius 2 is 1.02 bits per heavy atom. The fourth-order valence-corrected chi connectivity index (χ4v) is 4.75. The van der Waals surface area contributed by atoms with E-state index >= 15 is 0 Å². The van der Waals surface area contributed by atoms with E-state index in [-0.39, 0.29) is 0 Å². The first-order valence-electron chi connectivity index (χ1n) is 14.4. The Morgan fingerprint density at radius 3 is 1.82 bits per heavy atom. The largest absolute Gasteiger partial charge is 0.275 e. The van der Waals surface area contributed by atoms with Crippen LogP contribution in [-0.4, -0.2) is 49.1 Å². The van der Waals surface area contributed by atoms with E-state index in [0.29, 0.717) is 0 Å². The maximum atomic E-state index is 4.29. The van der Waals surface area contributed by atoms with Gasteiger partial charge < -0.3 is 0 Å². The van der Waals surface area contributed by atoms with Crippen LogP contribution >= 0.6 is 0 Å². The number of pyridine rings is 2. The average molecular weight is 587 g/mol. The van der Waals surface area contributed by atoms with Gasteiger partial charge in [-0.15, -0.1) is 0 Å². The average Bonchev–Trinajstić information content (AvgIpc) is 3.71. The van der Waals surface area contributed by atoms with Crippen molar-refractivity contribution in [3.63, 3.8) is 0 Å². The van der Waals surface area contributed by atoms with E-state index in [2.05, 4.69) is 74.5 Å². The molecule has 0 aliphatic heterocycles. The third-order valence-electron chi connectivity index (χ3n) is 6.78. The lowest BCUT2D eigenvalue weighted by Gasteiger charge is -1.88. The number of fused-ring (bicyclic) bond motifs is 4. The van der Waals surface area contributed by atoms with E-state index in [1.807, 2.05) is 107 Å². The van der Waals surface area contributed by atoms with Gasteiger partial charge in [-0.2, -0.15) is 20.4 Å². The van der Waals surface area contributed by atoms with E-state index in [9.17, 15) is 0 Å². The van der Waals surface area contributed by atoms with Crippen molar-refractivity contribution in [1.29, 1.82) is 0 Å². The maximum Gasteiger partial charge on any atom is 0.181 e. The molecule has 0 amide bonds. The van der Waals surface area contributed by atoms with Gasteiger partial charge in [-0.1, -0.05) is 23.8 Å². The summed E-state index contributed by atoms with van der Waals surface area (Å²) < 4.78 is 7.22. The van der Waals surface area contributed by atoms with Crippen LogP contribution < -0.4 is 0 Å². The van der Waals surface area contributed by atoms with Gasteiger partial charge >= 0.3 is 0 Å². The molecule has 2 aromatic carbocycles. The second kappa shape index (κ2) is 12.9. The molecular formula is C34H38N10. The number of rotatable bonds is 0. The van der Waals surface area contributed by atoms with Gasteiger partial charge in [-0.25, -0.2) is 4.98 Å². The van der Waals surface area contributed by atoms with E-state index in [1.54, 1.807) is 9.36 Å². The molecule has 10 nitrogen and oxygen atoms in total. The Hall–Kier alpha value is -5.38. The Kier molecular flexibility index (Phi) is 8.80. The van der Waals surface area contributed by atoms with Crippen LogP contribution in [-0.2, 0) is 28.2 Å². The predicted molar refractivity (Wildman–Crippen MR) is 177 cm³/mol. The zero-order valence-electron chi connectivity index (χ0n) is 26.6. The van der Waals surface area contributed by atoms with E-state index in [0.717, 1.165) is 44.4 Å². The number of hydrogen-bond donors (Lipinski definition) is 0. The van der Waals surface area contributed by atoms with Crippen LogP contribution in [0.2, 0.25) is 0 Å². The summed E-state index contributed by atoms with van der Waals surface area (Å²) in [6.45, 7) is 8.15. The monoisotopic (exact) mass is 586 g/mol. The van der Waals surface area contributed by atoms with Crippen LogP contribution in [0, 0.1) is 27.7 Å². The van der Waals surface area contributed by atoms with Crippen molar-refractivity contribution >= 4 is 43.9 Å². The first-order chi connectivity index (χ1) is 21.0. The molecule has 8 aromatic rings. The molecule has 0 aliphatic rings. The van der Waals surface area contributed by atoms with Gasteiger partial charge in [-0.05, 0) is 75.2 Å². The summed E-state index contributed by atoms with van der Waals surface area (Å²) in [5.41, 5.74) is 9.60. The molecule has 0 spiro atoms. The summed E-state index contributed by atoms with van der Waals surface area (Å²) in [6, 6.07) is 18.6. The standard InChI is InChI=1S/2C9H10N2.2C8H9N3/c1-7-3-4-9-8(5-7)6-11(2)10-9;1-7-3-4-8-6-11(2)10-9(8)5-7;1-6-3-7-8(9-4-6)5-11(2)10-7;1-6-3-4-7-5-11(2)10-8(7)9-6/h2*3-6H,1-2H3;2*3-5H,1-2H3. The molecular weight excluding hydrogens is 548 g/mol. The van der Waals surface area contributed by atoms with E-state index < -0.39 is 0 Å². The lowest BCUT2D eigenvalue weighted by molar-refractivity contribution is 0.775. The third kappa shape index (κ3) is 7.52. The lowest BCUT2D eigenvalue weighted by Crippen LogP contribution is -1.86. The summed E-state index contributed by atoms with van der Waals surface area (Å²) in [5.74, 6) is 0. The van der Waals surface area contributed by atoms with Crippen molar-refractivity contribution in [2.24, 2.45) is 28.2 Å². The zero-order valence-corrected chi connectivity index (χ0v) is 26.6.